The lowest BCUT2D eigenvalue weighted by Crippen LogP contribution is -2.40. The molecule has 31 heavy (non-hydrogen) atoms. The zero-order valence-electron chi connectivity index (χ0n) is 17.6. The number of nitrogens with zero attached hydrogens (tertiary/aromatic N) is 1. The van der Waals surface area contributed by atoms with Crippen LogP contribution >= 0.6 is 11.8 Å². The molecule has 0 radical (unpaired) electrons. The van der Waals surface area contributed by atoms with Crippen LogP contribution < -0.4 is 10.5 Å². The normalized spacial score (nSPS) is 20.6. The molecule has 0 bridgehead atoms. The van der Waals surface area contributed by atoms with Crippen molar-refractivity contribution >= 4 is 29.6 Å². The average molecular weight is 448 g/mol. The number of aromatic hydroxyl groups is 1. The molecule has 1 aromatic rings. The van der Waals surface area contributed by atoms with Crippen molar-refractivity contribution in [3.05, 3.63) is 45.8 Å². The lowest BCUT2D eigenvalue weighted by Gasteiger charge is -2.33. The number of phenolic OH excluding ortho intramolecular Hbond substituents is 1. The van der Waals surface area contributed by atoms with Crippen molar-refractivity contribution in [2.45, 2.75) is 31.9 Å². The predicted octanol–water partition coefficient (Wildman–Crippen LogP) is 1.97. The van der Waals surface area contributed by atoms with Gasteiger partial charge in [-0.05, 0) is 38.5 Å². The summed E-state index contributed by atoms with van der Waals surface area (Å²) < 4.78 is 15.7. The van der Waals surface area contributed by atoms with Gasteiger partial charge in [0.1, 0.15) is 5.82 Å². The van der Waals surface area contributed by atoms with E-state index < -0.39 is 23.1 Å². The second-order valence-corrected chi connectivity index (χ2v) is 8.09. The lowest BCUT2D eigenvalue weighted by atomic mass is 9.82. The second-order valence-electron chi connectivity index (χ2n) is 6.76. The molecule has 9 nitrogen and oxygen atoms in total. The third-order valence-electron chi connectivity index (χ3n) is 4.91. The molecule has 10 heteroatoms. The van der Waals surface area contributed by atoms with E-state index in [9.17, 15) is 19.5 Å². The molecule has 3 N–H and O–H groups in total. The first-order chi connectivity index (χ1) is 14.8. The van der Waals surface area contributed by atoms with Gasteiger partial charge in [0.15, 0.2) is 11.5 Å². The number of esters is 2. The standard InChI is InChI=1S/C21H24N2O7S/c1-5-29-20(26)15-14(11-7-8-12(24)13(9-11)28-4)16(21(27)30-6-2)19-23(17(15)22)18(25)10(3)31-19/h7-10,14,24H,5-6,22H2,1-4H3/t10-,14-/m0/s1. The van der Waals surface area contributed by atoms with Crippen LogP contribution in [-0.4, -0.2) is 53.4 Å². The fourth-order valence-electron chi connectivity index (χ4n) is 3.55. The van der Waals surface area contributed by atoms with E-state index in [1.807, 2.05) is 0 Å². The van der Waals surface area contributed by atoms with Crippen molar-refractivity contribution in [1.29, 1.82) is 0 Å². The summed E-state index contributed by atoms with van der Waals surface area (Å²) in [6.45, 7) is 5.17. The van der Waals surface area contributed by atoms with Gasteiger partial charge in [0.25, 0.3) is 0 Å². The summed E-state index contributed by atoms with van der Waals surface area (Å²) in [5, 5.41) is 9.82. The van der Waals surface area contributed by atoms with Crippen LogP contribution in [0.5, 0.6) is 11.5 Å². The van der Waals surface area contributed by atoms with Crippen molar-refractivity contribution in [2.75, 3.05) is 20.3 Å². The van der Waals surface area contributed by atoms with E-state index in [0.717, 1.165) is 0 Å². The van der Waals surface area contributed by atoms with Gasteiger partial charge >= 0.3 is 11.9 Å². The van der Waals surface area contributed by atoms with E-state index in [4.69, 9.17) is 19.9 Å². The Kier molecular flexibility index (Phi) is 6.49. The highest BCUT2D eigenvalue weighted by Gasteiger charge is 2.49. The molecule has 3 rings (SSSR count). The summed E-state index contributed by atoms with van der Waals surface area (Å²) in [4.78, 5) is 40.0. The van der Waals surface area contributed by atoms with E-state index in [1.165, 1.54) is 35.9 Å². The fourth-order valence-corrected chi connectivity index (χ4v) is 4.72. The van der Waals surface area contributed by atoms with Gasteiger partial charge in [-0.3, -0.25) is 9.69 Å². The smallest absolute Gasteiger partial charge is 0.338 e. The Balaban J connectivity index is 2.32. The molecule has 166 valence electrons. The molecule has 0 saturated carbocycles. The van der Waals surface area contributed by atoms with Gasteiger partial charge in [-0.2, -0.15) is 0 Å². The number of carbonyl (C=O) groups excluding carboxylic acids is 3. The summed E-state index contributed by atoms with van der Waals surface area (Å²) in [6, 6.07) is 4.45. The maximum Gasteiger partial charge on any atom is 0.338 e. The number of amides is 1. The molecular weight excluding hydrogens is 424 g/mol. The topological polar surface area (TPSA) is 128 Å². The molecule has 2 aliphatic rings. The summed E-state index contributed by atoms with van der Waals surface area (Å²) in [6.07, 6.45) is 0. The second kappa shape index (κ2) is 8.93. The molecule has 1 fully saturated rings. The van der Waals surface area contributed by atoms with Crippen molar-refractivity contribution in [3.8, 4) is 11.5 Å². The van der Waals surface area contributed by atoms with Crippen LogP contribution in [0.1, 0.15) is 32.3 Å². The first-order valence-corrected chi connectivity index (χ1v) is 10.6. The quantitative estimate of drug-likeness (QED) is 0.628. The number of nitrogens with two attached hydrogens (primary N) is 1. The maximum absolute atomic E-state index is 13.1. The highest BCUT2D eigenvalue weighted by atomic mass is 32.2. The van der Waals surface area contributed by atoms with Crippen molar-refractivity contribution < 1.29 is 33.7 Å². The third kappa shape index (κ3) is 3.83. The van der Waals surface area contributed by atoms with E-state index in [1.54, 1.807) is 26.8 Å². The van der Waals surface area contributed by atoms with E-state index in [2.05, 4.69) is 0 Å². The number of benzene rings is 1. The molecular formula is C21H24N2O7S. The zero-order chi connectivity index (χ0) is 22.9. The number of ether oxygens (including phenoxy) is 3. The first kappa shape index (κ1) is 22.5. The Hall–Kier alpha value is -3.14. The summed E-state index contributed by atoms with van der Waals surface area (Å²) in [7, 11) is 1.38. The molecule has 0 aromatic heterocycles. The van der Waals surface area contributed by atoms with Gasteiger partial charge < -0.3 is 25.1 Å². The monoisotopic (exact) mass is 448 g/mol. The molecule has 0 spiro atoms. The lowest BCUT2D eigenvalue weighted by molar-refractivity contribution is -0.139. The number of rotatable bonds is 6. The number of fused-ring (bicyclic) bond motifs is 1. The van der Waals surface area contributed by atoms with Crippen LogP contribution in [0.4, 0.5) is 0 Å². The zero-order valence-corrected chi connectivity index (χ0v) is 18.4. The van der Waals surface area contributed by atoms with Gasteiger partial charge in [-0.1, -0.05) is 17.8 Å². The van der Waals surface area contributed by atoms with Crippen LogP contribution in [0.25, 0.3) is 0 Å². The molecule has 1 aromatic carbocycles. The molecule has 2 heterocycles. The number of carbonyl (C=O) groups is 3. The Labute approximate surface area is 183 Å². The van der Waals surface area contributed by atoms with E-state index >= 15 is 0 Å². The Morgan fingerprint density at radius 1 is 1.16 bits per heavy atom. The summed E-state index contributed by atoms with van der Waals surface area (Å²) in [5.74, 6) is -2.81. The molecule has 1 amide bonds. The van der Waals surface area contributed by atoms with Crippen molar-refractivity contribution in [1.82, 2.24) is 4.90 Å². The predicted molar refractivity (Wildman–Crippen MR) is 113 cm³/mol. The molecule has 2 aliphatic heterocycles. The minimum Gasteiger partial charge on any atom is -0.504 e. The minimum atomic E-state index is -0.982. The number of methoxy groups -OCH3 is 1. The highest BCUT2D eigenvalue weighted by molar-refractivity contribution is 8.04. The Morgan fingerprint density at radius 2 is 1.77 bits per heavy atom. The van der Waals surface area contributed by atoms with Crippen LogP contribution in [0.3, 0.4) is 0 Å². The van der Waals surface area contributed by atoms with Gasteiger partial charge in [-0.25, -0.2) is 9.59 Å². The largest absolute Gasteiger partial charge is 0.504 e. The van der Waals surface area contributed by atoms with Crippen LogP contribution in [0, 0.1) is 0 Å². The van der Waals surface area contributed by atoms with Crippen LogP contribution in [0.15, 0.2) is 40.2 Å². The molecule has 0 unspecified atom stereocenters. The number of hydrogen-bond donors (Lipinski definition) is 2. The van der Waals surface area contributed by atoms with Gasteiger partial charge in [-0.15, -0.1) is 0 Å². The van der Waals surface area contributed by atoms with Crippen LogP contribution in [-0.2, 0) is 23.9 Å². The molecule has 0 aliphatic carbocycles. The fraction of sp³-hybridized carbons (Fsp3) is 0.381. The average Bonchev–Trinajstić information content (AvgIpc) is 3.03. The SMILES string of the molecule is CCOC(=O)C1=C(N)N2C(=O)[C@H](C)SC2=C(C(=O)OCC)[C@H]1c1ccc(O)c(OC)c1. The summed E-state index contributed by atoms with van der Waals surface area (Å²) >= 11 is 1.17. The Bertz CT molecular complexity index is 1000. The molecule has 1 saturated heterocycles. The van der Waals surface area contributed by atoms with E-state index in [0.29, 0.717) is 10.6 Å². The number of phenols is 1. The third-order valence-corrected chi connectivity index (χ3v) is 6.09. The van der Waals surface area contributed by atoms with Gasteiger partial charge in [0, 0.05) is 0 Å². The Morgan fingerprint density at radius 3 is 2.35 bits per heavy atom. The number of thioether (sulfide) groups is 1. The highest BCUT2D eigenvalue weighted by Crippen LogP contribution is 2.50. The van der Waals surface area contributed by atoms with E-state index in [-0.39, 0.29) is 47.6 Å². The number of hydrogen-bond acceptors (Lipinski definition) is 9. The summed E-state index contributed by atoms with van der Waals surface area (Å²) in [5.41, 5.74) is 6.82. The maximum atomic E-state index is 13.1. The minimum absolute atomic E-state index is 0.0514. The molecule has 2 atom stereocenters. The first-order valence-electron chi connectivity index (χ1n) is 9.72. The van der Waals surface area contributed by atoms with Gasteiger partial charge in [0.05, 0.1) is 47.7 Å². The van der Waals surface area contributed by atoms with Crippen LogP contribution in [0.2, 0.25) is 0 Å². The van der Waals surface area contributed by atoms with Crippen molar-refractivity contribution in [2.24, 2.45) is 5.73 Å². The van der Waals surface area contributed by atoms with Crippen molar-refractivity contribution in [3.63, 3.8) is 0 Å². The van der Waals surface area contributed by atoms with Gasteiger partial charge in [0.2, 0.25) is 5.91 Å².